The summed E-state index contributed by atoms with van der Waals surface area (Å²) in [6.45, 7) is 3.10. The van der Waals surface area contributed by atoms with Gasteiger partial charge in [0, 0.05) is 36.4 Å². The second kappa shape index (κ2) is 7.23. The van der Waals surface area contributed by atoms with E-state index < -0.39 is 30.0 Å². The predicted molar refractivity (Wildman–Crippen MR) is 115 cm³/mol. The molecule has 0 aromatic heterocycles. The molecule has 0 bridgehead atoms. The molecule has 2 unspecified atom stereocenters. The highest BCUT2D eigenvalue weighted by Crippen LogP contribution is 2.34. The van der Waals surface area contributed by atoms with Crippen LogP contribution in [0.15, 0.2) is 47.5 Å². The third-order valence-corrected chi connectivity index (χ3v) is 6.42. The van der Waals surface area contributed by atoms with E-state index in [1.807, 2.05) is 30.0 Å². The smallest absolute Gasteiger partial charge is 0.325 e. The van der Waals surface area contributed by atoms with Gasteiger partial charge in [0.1, 0.15) is 5.82 Å². The molecule has 3 heterocycles. The van der Waals surface area contributed by atoms with Crippen molar-refractivity contribution in [2.75, 3.05) is 25.0 Å². The van der Waals surface area contributed by atoms with Crippen LogP contribution in [0.2, 0.25) is 5.02 Å². The molecule has 3 aliphatic rings. The average molecular weight is 442 g/mol. The second-order valence-corrected chi connectivity index (χ2v) is 8.40. The number of aliphatic imine (C=N–C) groups is 1. The van der Waals surface area contributed by atoms with E-state index in [4.69, 9.17) is 16.6 Å². The van der Waals surface area contributed by atoms with Crippen LogP contribution in [0.5, 0.6) is 0 Å². The second-order valence-electron chi connectivity index (χ2n) is 7.99. The number of imide groups is 1. The van der Waals surface area contributed by atoms with Crippen LogP contribution >= 0.6 is 11.6 Å². The molecule has 2 saturated heterocycles. The number of likely N-dealkylation sites (N-methyl/N-ethyl adjacent to an activating group) is 1. The molecular formula is C22H21ClFN5O2. The van der Waals surface area contributed by atoms with Gasteiger partial charge in [-0.3, -0.25) is 9.69 Å². The Bertz CT molecular complexity index is 1100. The fraction of sp³-hybridized carbons (Fsp3) is 0.318. The number of aryl methyl sites for hydroxylation is 1. The first-order chi connectivity index (χ1) is 14.9. The highest BCUT2D eigenvalue weighted by Gasteiger charge is 2.54. The Labute approximate surface area is 184 Å². The van der Waals surface area contributed by atoms with E-state index in [1.54, 1.807) is 13.1 Å². The van der Waals surface area contributed by atoms with E-state index in [0.717, 1.165) is 16.2 Å². The quantitative estimate of drug-likeness (QED) is 0.734. The summed E-state index contributed by atoms with van der Waals surface area (Å²) in [6, 6.07) is 11.2. The Kier molecular flexibility index (Phi) is 4.62. The molecule has 2 fully saturated rings. The molecule has 5 rings (SSSR count). The first-order valence-electron chi connectivity index (χ1n) is 10.1. The Morgan fingerprint density at radius 1 is 1.16 bits per heavy atom. The summed E-state index contributed by atoms with van der Waals surface area (Å²) in [6.07, 6.45) is -0.616. The summed E-state index contributed by atoms with van der Waals surface area (Å²) < 4.78 is 14.3. The first-order valence-corrected chi connectivity index (χ1v) is 10.4. The van der Waals surface area contributed by atoms with Crippen LogP contribution in [0.4, 0.5) is 14.9 Å². The number of nitrogens with zero attached hydrogens (tertiary/aromatic N) is 5. The fourth-order valence-corrected chi connectivity index (χ4v) is 4.69. The molecule has 2 aromatic rings. The molecular weight excluding hydrogens is 421 g/mol. The van der Waals surface area contributed by atoms with Crippen LogP contribution in [0.1, 0.15) is 11.1 Å². The monoisotopic (exact) mass is 441 g/mol. The summed E-state index contributed by atoms with van der Waals surface area (Å²) in [5, 5.41) is 0.181. The third-order valence-electron chi connectivity index (χ3n) is 6.07. The molecule has 0 N–H and O–H groups in total. The summed E-state index contributed by atoms with van der Waals surface area (Å²) >= 11 is 6.14. The minimum absolute atomic E-state index is 0.125. The average Bonchev–Trinajstić information content (AvgIpc) is 3.31. The standard InChI is InChI=1S/C22H21ClFN5O2/c1-13-5-3-6-14(11-13)27-9-10-28-18-19(25-21(27)28)26(2)22(31)29(20(18)30)12-15-16(23)7-4-8-17(15)24/h3-8,11,18-19H,9-10,12H2,1-2H3. The van der Waals surface area contributed by atoms with Gasteiger partial charge in [0.15, 0.2) is 12.2 Å². The van der Waals surface area contributed by atoms with Crippen molar-refractivity contribution in [2.45, 2.75) is 25.7 Å². The van der Waals surface area contributed by atoms with Crippen molar-refractivity contribution in [2.24, 2.45) is 4.99 Å². The van der Waals surface area contributed by atoms with E-state index in [0.29, 0.717) is 19.0 Å². The summed E-state index contributed by atoms with van der Waals surface area (Å²) in [5.41, 5.74) is 2.25. The topological polar surface area (TPSA) is 59.5 Å². The zero-order valence-electron chi connectivity index (χ0n) is 17.1. The number of carbonyl (C=O) groups excluding carboxylic acids is 2. The number of hydrogen-bond acceptors (Lipinski definition) is 5. The molecule has 0 saturated carbocycles. The Hall–Kier alpha value is -3.13. The molecule has 31 heavy (non-hydrogen) atoms. The number of amides is 3. The van der Waals surface area contributed by atoms with Crippen molar-refractivity contribution < 1.29 is 14.0 Å². The zero-order valence-corrected chi connectivity index (χ0v) is 17.9. The Balaban J connectivity index is 1.46. The maximum atomic E-state index is 14.3. The Morgan fingerprint density at radius 3 is 2.68 bits per heavy atom. The van der Waals surface area contributed by atoms with Gasteiger partial charge in [-0.25, -0.2) is 14.2 Å². The summed E-state index contributed by atoms with van der Waals surface area (Å²) in [4.78, 5) is 37.7. The van der Waals surface area contributed by atoms with Crippen molar-refractivity contribution in [1.29, 1.82) is 0 Å². The van der Waals surface area contributed by atoms with Gasteiger partial charge in [0.2, 0.25) is 5.96 Å². The lowest BCUT2D eigenvalue weighted by atomic mass is 10.1. The summed E-state index contributed by atoms with van der Waals surface area (Å²) in [5.74, 6) is -0.260. The van der Waals surface area contributed by atoms with E-state index in [2.05, 4.69) is 11.0 Å². The molecule has 9 heteroatoms. The largest absolute Gasteiger partial charge is 0.328 e. The van der Waals surface area contributed by atoms with Crippen molar-refractivity contribution >= 4 is 35.2 Å². The van der Waals surface area contributed by atoms with Gasteiger partial charge in [-0.2, -0.15) is 0 Å². The molecule has 3 amide bonds. The number of hydrogen-bond donors (Lipinski definition) is 0. The lowest BCUT2D eigenvalue weighted by molar-refractivity contribution is -0.137. The van der Waals surface area contributed by atoms with Gasteiger partial charge in [-0.05, 0) is 36.8 Å². The molecule has 7 nitrogen and oxygen atoms in total. The van der Waals surface area contributed by atoms with E-state index in [-0.39, 0.29) is 17.1 Å². The van der Waals surface area contributed by atoms with Gasteiger partial charge in [-0.1, -0.05) is 29.8 Å². The van der Waals surface area contributed by atoms with Crippen LogP contribution in [-0.4, -0.2) is 64.9 Å². The first kappa shape index (κ1) is 19.8. The number of benzene rings is 2. The number of urea groups is 1. The predicted octanol–water partition coefficient (Wildman–Crippen LogP) is 3.07. The fourth-order valence-electron chi connectivity index (χ4n) is 4.46. The van der Waals surface area contributed by atoms with E-state index in [1.165, 1.54) is 17.0 Å². The lowest BCUT2D eigenvalue weighted by Crippen LogP contribution is -2.64. The molecule has 3 aliphatic heterocycles. The summed E-state index contributed by atoms with van der Waals surface area (Å²) in [7, 11) is 1.62. The van der Waals surface area contributed by atoms with Crippen LogP contribution in [0.3, 0.4) is 0 Å². The number of anilines is 1. The minimum Gasteiger partial charge on any atom is -0.325 e. The molecule has 2 aromatic carbocycles. The van der Waals surface area contributed by atoms with Crippen molar-refractivity contribution in [3.63, 3.8) is 0 Å². The van der Waals surface area contributed by atoms with Crippen LogP contribution in [0.25, 0.3) is 0 Å². The SMILES string of the molecule is Cc1cccc(N2CCN3C2=NC2C3C(=O)N(Cc3c(F)cccc3Cl)C(=O)N2C)c1. The number of guanidine groups is 1. The number of rotatable bonds is 3. The van der Waals surface area contributed by atoms with Gasteiger partial charge in [0.25, 0.3) is 5.91 Å². The number of fused-ring (bicyclic) bond motifs is 3. The van der Waals surface area contributed by atoms with Crippen LogP contribution in [0, 0.1) is 12.7 Å². The van der Waals surface area contributed by atoms with Gasteiger partial charge >= 0.3 is 6.03 Å². The zero-order chi connectivity index (χ0) is 21.9. The van der Waals surface area contributed by atoms with Crippen LogP contribution in [-0.2, 0) is 11.3 Å². The van der Waals surface area contributed by atoms with Gasteiger partial charge in [-0.15, -0.1) is 0 Å². The van der Waals surface area contributed by atoms with E-state index >= 15 is 0 Å². The molecule has 0 aliphatic carbocycles. The van der Waals surface area contributed by atoms with Gasteiger partial charge in [0.05, 0.1) is 6.54 Å². The lowest BCUT2D eigenvalue weighted by Gasteiger charge is -2.40. The maximum Gasteiger partial charge on any atom is 0.328 e. The highest BCUT2D eigenvalue weighted by molar-refractivity contribution is 6.31. The Morgan fingerprint density at radius 2 is 1.94 bits per heavy atom. The normalized spacial score (nSPS) is 22.8. The number of carbonyl (C=O) groups is 2. The van der Waals surface area contributed by atoms with Crippen LogP contribution < -0.4 is 4.90 Å². The van der Waals surface area contributed by atoms with E-state index in [9.17, 15) is 14.0 Å². The molecule has 0 spiro atoms. The number of halogens is 2. The third kappa shape index (κ3) is 3.05. The molecule has 160 valence electrons. The van der Waals surface area contributed by atoms with Crippen molar-refractivity contribution in [3.05, 3.63) is 64.4 Å². The highest BCUT2D eigenvalue weighted by atomic mass is 35.5. The molecule has 2 atom stereocenters. The van der Waals surface area contributed by atoms with Gasteiger partial charge < -0.3 is 14.7 Å². The molecule has 0 radical (unpaired) electrons. The van der Waals surface area contributed by atoms with Crippen molar-refractivity contribution in [1.82, 2.24) is 14.7 Å². The maximum absolute atomic E-state index is 14.3. The van der Waals surface area contributed by atoms with Crippen molar-refractivity contribution in [3.8, 4) is 0 Å². The minimum atomic E-state index is -0.641.